The van der Waals surface area contributed by atoms with Crippen LogP contribution in [-0.2, 0) is 6.42 Å². The Morgan fingerprint density at radius 3 is 2.74 bits per heavy atom. The fourth-order valence-corrected chi connectivity index (χ4v) is 3.72. The molecule has 0 saturated carbocycles. The minimum atomic E-state index is -0.301. The predicted octanol–water partition coefficient (Wildman–Crippen LogP) is 3.25. The van der Waals surface area contributed by atoms with Crippen molar-refractivity contribution in [3.05, 3.63) is 53.7 Å². The standard InChI is InChI=1S/C21H27N3O3/c1-16-18(9-10-19(22-16)27-2)23-20(26)24-12-6-11-21(14-24,15-25)13-17-7-4-3-5-8-17/h3-5,7-10,25H,6,11-15H2,1-2H3,(H,23,26). The highest BCUT2D eigenvalue weighted by Gasteiger charge is 2.37. The summed E-state index contributed by atoms with van der Waals surface area (Å²) in [5, 5.41) is 13.1. The number of carbonyl (C=O) groups excluding carboxylic acids is 1. The summed E-state index contributed by atoms with van der Waals surface area (Å²) in [6.07, 6.45) is 2.54. The Kier molecular flexibility index (Phi) is 5.96. The van der Waals surface area contributed by atoms with Crippen molar-refractivity contribution in [2.45, 2.75) is 26.2 Å². The molecular formula is C21H27N3O3. The van der Waals surface area contributed by atoms with E-state index in [1.807, 2.05) is 25.1 Å². The summed E-state index contributed by atoms with van der Waals surface area (Å²) in [7, 11) is 1.56. The molecule has 1 unspecified atom stereocenters. The van der Waals surface area contributed by atoms with Gasteiger partial charge < -0.3 is 20.1 Å². The highest BCUT2D eigenvalue weighted by molar-refractivity contribution is 5.90. The van der Waals surface area contributed by atoms with Gasteiger partial charge in [-0.3, -0.25) is 0 Å². The lowest BCUT2D eigenvalue weighted by Crippen LogP contribution is -2.50. The van der Waals surface area contributed by atoms with Crippen LogP contribution in [0.15, 0.2) is 42.5 Å². The van der Waals surface area contributed by atoms with Gasteiger partial charge in [-0.25, -0.2) is 9.78 Å². The number of hydrogen-bond donors (Lipinski definition) is 2. The lowest BCUT2D eigenvalue weighted by atomic mass is 9.76. The SMILES string of the molecule is COc1ccc(NC(=O)N2CCCC(CO)(Cc3ccccc3)C2)c(C)n1. The van der Waals surface area contributed by atoms with Crippen molar-refractivity contribution in [2.24, 2.45) is 5.41 Å². The number of aliphatic hydroxyl groups excluding tert-OH is 1. The second kappa shape index (κ2) is 8.39. The lowest BCUT2D eigenvalue weighted by Gasteiger charge is -2.42. The number of piperidine rings is 1. The van der Waals surface area contributed by atoms with E-state index >= 15 is 0 Å². The lowest BCUT2D eigenvalue weighted by molar-refractivity contribution is 0.0500. The van der Waals surface area contributed by atoms with Crippen molar-refractivity contribution in [2.75, 3.05) is 32.1 Å². The van der Waals surface area contributed by atoms with E-state index in [0.29, 0.717) is 30.4 Å². The maximum atomic E-state index is 12.8. The molecule has 1 atom stereocenters. The first kappa shape index (κ1) is 19.2. The fraction of sp³-hybridized carbons (Fsp3) is 0.429. The van der Waals surface area contributed by atoms with Gasteiger partial charge in [0.25, 0.3) is 0 Å². The quantitative estimate of drug-likeness (QED) is 0.848. The fourth-order valence-electron chi connectivity index (χ4n) is 3.72. The van der Waals surface area contributed by atoms with Crippen molar-refractivity contribution in [1.82, 2.24) is 9.88 Å². The normalized spacial score (nSPS) is 19.6. The zero-order valence-electron chi connectivity index (χ0n) is 15.9. The van der Waals surface area contributed by atoms with Gasteiger partial charge in [-0.2, -0.15) is 0 Å². The molecule has 1 saturated heterocycles. The highest BCUT2D eigenvalue weighted by Crippen LogP contribution is 2.33. The van der Waals surface area contributed by atoms with Crippen molar-refractivity contribution < 1.29 is 14.6 Å². The van der Waals surface area contributed by atoms with Crippen molar-refractivity contribution in [3.63, 3.8) is 0 Å². The van der Waals surface area contributed by atoms with E-state index in [1.54, 1.807) is 24.1 Å². The van der Waals surface area contributed by atoms with Crippen LogP contribution in [-0.4, -0.2) is 47.8 Å². The maximum Gasteiger partial charge on any atom is 0.321 e. The highest BCUT2D eigenvalue weighted by atomic mass is 16.5. The summed E-state index contributed by atoms with van der Waals surface area (Å²) in [6.45, 7) is 3.12. The Morgan fingerprint density at radius 2 is 2.07 bits per heavy atom. The average molecular weight is 369 g/mol. The Bertz CT molecular complexity index is 781. The van der Waals surface area contributed by atoms with E-state index < -0.39 is 0 Å². The molecule has 1 aliphatic rings. The van der Waals surface area contributed by atoms with Crippen LogP contribution in [0.2, 0.25) is 0 Å². The topological polar surface area (TPSA) is 74.7 Å². The molecule has 2 amide bonds. The van der Waals surface area contributed by atoms with Crippen LogP contribution in [0, 0.1) is 12.3 Å². The molecule has 0 bridgehead atoms. The van der Waals surface area contributed by atoms with Crippen LogP contribution in [0.5, 0.6) is 5.88 Å². The smallest absolute Gasteiger partial charge is 0.321 e. The van der Waals surface area contributed by atoms with Gasteiger partial charge in [0.15, 0.2) is 0 Å². The van der Waals surface area contributed by atoms with Gasteiger partial charge in [0.05, 0.1) is 25.1 Å². The van der Waals surface area contributed by atoms with E-state index in [-0.39, 0.29) is 18.1 Å². The Morgan fingerprint density at radius 1 is 1.30 bits per heavy atom. The number of amides is 2. The molecule has 27 heavy (non-hydrogen) atoms. The van der Waals surface area contributed by atoms with Gasteiger partial charge in [0, 0.05) is 24.6 Å². The molecule has 0 aliphatic carbocycles. The van der Waals surface area contributed by atoms with Crippen molar-refractivity contribution >= 4 is 11.7 Å². The van der Waals surface area contributed by atoms with Gasteiger partial charge in [0.1, 0.15) is 0 Å². The van der Waals surface area contributed by atoms with E-state index in [0.717, 1.165) is 19.3 Å². The van der Waals surface area contributed by atoms with E-state index in [9.17, 15) is 9.90 Å². The van der Waals surface area contributed by atoms with E-state index in [1.165, 1.54) is 5.56 Å². The Labute approximate surface area is 160 Å². The summed E-state index contributed by atoms with van der Waals surface area (Å²) in [4.78, 5) is 18.9. The molecule has 1 fully saturated rings. The number of aromatic nitrogens is 1. The molecule has 2 aromatic rings. The number of nitrogens with one attached hydrogen (secondary N) is 1. The third kappa shape index (κ3) is 4.57. The summed E-state index contributed by atoms with van der Waals surface area (Å²) in [5.74, 6) is 0.519. The van der Waals surface area contributed by atoms with Crippen molar-refractivity contribution in [3.8, 4) is 5.88 Å². The first-order valence-electron chi connectivity index (χ1n) is 9.28. The summed E-state index contributed by atoms with van der Waals surface area (Å²) >= 11 is 0. The third-order valence-electron chi connectivity index (χ3n) is 5.22. The third-order valence-corrected chi connectivity index (χ3v) is 5.22. The van der Waals surface area contributed by atoms with Crippen molar-refractivity contribution in [1.29, 1.82) is 0 Å². The molecule has 144 valence electrons. The predicted molar refractivity (Wildman–Crippen MR) is 105 cm³/mol. The van der Waals surface area contributed by atoms with E-state index in [2.05, 4.69) is 22.4 Å². The van der Waals surface area contributed by atoms with Gasteiger partial charge in [-0.1, -0.05) is 30.3 Å². The van der Waals surface area contributed by atoms with Gasteiger partial charge in [0.2, 0.25) is 5.88 Å². The molecular weight excluding hydrogens is 342 g/mol. The summed E-state index contributed by atoms with van der Waals surface area (Å²) in [6, 6.07) is 13.5. The molecule has 3 rings (SSSR count). The number of anilines is 1. The Balaban J connectivity index is 1.70. The van der Waals surface area contributed by atoms with Crippen LogP contribution in [0.25, 0.3) is 0 Å². The number of aryl methyl sites for hydroxylation is 1. The molecule has 1 aliphatic heterocycles. The molecule has 2 N–H and O–H groups in total. The van der Waals surface area contributed by atoms with Crippen LogP contribution in [0.4, 0.5) is 10.5 Å². The number of hydrogen-bond acceptors (Lipinski definition) is 4. The largest absolute Gasteiger partial charge is 0.481 e. The Hall–Kier alpha value is -2.60. The number of urea groups is 1. The van der Waals surface area contributed by atoms with Crippen LogP contribution in [0.3, 0.4) is 0 Å². The molecule has 6 heteroatoms. The number of likely N-dealkylation sites (tertiary alicyclic amines) is 1. The molecule has 2 heterocycles. The molecule has 0 radical (unpaired) electrons. The number of ether oxygens (including phenoxy) is 1. The number of benzene rings is 1. The van der Waals surface area contributed by atoms with Gasteiger partial charge >= 0.3 is 6.03 Å². The zero-order valence-corrected chi connectivity index (χ0v) is 15.9. The van der Waals surface area contributed by atoms with Crippen LogP contribution < -0.4 is 10.1 Å². The first-order chi connectivity index (χ1) is 13.0. The van der Waals surface area contributed by atoms with Gasteiger partial charge in [-0.15, -0.1) is 0 Å². The van der Waals surface area contributed by atoms with Gasteiger partial charge in [-0.05, 0) is 37.8 Å². The van der Waals surface area contributed by atoms with Crippen LogP contribution >= 0.6 is 0 Å². The second-order valence-corrected chi connectivity index (χ2v) is 7.26. The minimum absolute atomic E-state index is 0.0643. The molecule has 6 nitrogen and oxygen atoms in total. The number of methoxy groups -OCH3 is 1. The zero-order chi connectivity index (χ0) is 19.3. The van der Waals surface area contributed by atoms with E-state index in [4.69, 9.17) is 4.74 Å². The first-order valence-corrected chi connectivity index (χ1v) is 9.28. The molecule has 1 aromatic carbocycles. The molecule has 1 aromatic heterocycles. The number of carbonyl (C=O) groups is 1. The number of pyridine rings is 1. The maximum absolute atomic E-state index is 12.8. The summed E-state index contributed by atoms with van der Waals surface area (Å²) in [5.41, 5.74) is 2.26. The monoisotopic (exact) mass is 369 g/mol. The summed E-state index contributed by atoms with van der Waals surface area (Å²) < 4.78 is 5.11. The average Bonchev–Trinajstić information content (AvgIpc) is 2.70. The minimum Gasteiger partial charge on any atom is -0.481 e. The van der Waals surface area contributed by atoms with Crippen LogP contribution in [0.1, 0.15) is 24.1 Å². The number of rotatable bonds is 5. The number of aliphatic hydroxyl groups is 1. The molecule has 0 spiro atoms. The second-order valence-electron chi connectivity index (χ2n) is 7.26. The number of nitrogens with zero attached hydrogens (tertiary/aromatic N) is 2.